The number of piperidine rings is 1. The summed E-state index contributed by atoms with van der Waals surface area (Å²) < 4.78 is 5.24. The summed E-state index contributed by atoms with van der Waals surface area (Å²) in [6.45, 7) is 7.67. The lowest BCUT2D eigenvalue weighted by Gasteiger charge is -2.59. The van der Waals surface area contributed by atoms with E-state index < -0.39 is 23.5 Å². The predicted octanol–water partition coefficient (Wildman–Crippen LogP) is 3.61. The van der Waals surface area contributed by atoms with Crippen molar-refractivity contribution in [2.75, 3.05) is 17.2 Å². The second-order valence-corrected chi connectivity index (χ2v) is 11.3. The van der Waals surface area contributed by atoms with E-state index in [1.165, 1.54) is 6.20 Å². The van der Waals surface area contributed by atoms with Crippen molar-refractivity contribution < 1.29 is 24.2 Å². The summed E-state index contributed by atoms with van der Waals surface area (Å²) in [5, 5.41) is 14.9. The zero-order valence-electron chi connectivity index (χ0n) is 20.5. The van der Waals surface area contributed by atoms with Gasteiger partial charge in [-0.1, -0.05) is 0 Å². The molecule has 3 aliphatic rings. The zero-order valence-corrected chi connectivity index (χ0v) is 20.5. The number of aliphatic hydroxyl groups excluding tert-OH is 1. The summed E-state index contributed by atoms with van der Waals surface area (Å²) >= 11 is 0. The summed E-state index contributed by atoms with van der Waals surface area (Å²) in [6, 6.07) is 1.76. The lowest BCUT2D eigenvalue weighted by atomic mass is 9.49. The number of aliphatic hydroxyl groups is 1. The largest absolute Gasteiger partial charge is 0.444 e. The van der Waals surface area contributed by atoms with Crippen molar-refractivity contribution in [1.29, 1.82) is 0 Å². The summed E-state index contributed by atoms with van der Waals surface area (Å²) in [6.07, 6.45) is 7.34. The molecule has 34 heavy (non-hydrogen) atoms. The van der Waals surface area contributed by atoms with Crippen molar-refractivity contribution in [3.8, 4) is 0 Å². The number of likely N-dealkylation sites (tertiary alicyclic amines) is 1. The van der Waals surface area contributed by atoms with E-state index in [2.05, 4.69) is 15.6 Å². The number of aromatic nitrogens is 1. The van der Waals surface area contributed by atoms with Crippen LogP contribution in [0.15, 0.2) is 12.3 Å². The molecule has 0 aromatic carbocycles. The van der Waals surface area contributed by atoms with Crippen LogP contribution in [0.2, 0.25) is 0 Å². The van der Waals surface area contributed by atoms with E-state index in [-0.39, 0.29) is 17.6 Å². The average molecular weight is 473 g/mol. The van der Waals surface area contributed by atoms with E-state index in [9.17, 15) is 19.5 Å². The average Bonchev–Trinajstić information content (AvgIpc) is 2.69. The van der Waals surface area contributed by atoms with Gasteiger partial charge in [0.1, 0.15) is 11.4 Å². The highest BCUT2D eigenvalue weighted by Crippen LogP contribution is 2.60. The third-order valence-electron chi connectivity index (χ3n) is 7.23. The van der Waals surface area contributed by atoms with Crippen molar-refractivity contribution in [3.05, 3.63) is 17.8 Å². The molecule has 3 amide bonds. The van der Waals surface area contributed by atoms with Crippen LogP contribution in [0.5, 0.6) is 0 Å². The van der Waals surface area contributed by atoms with E-state index in [1.807, 2.05) is 0 Å². The Morgan fingerprint density at radius 3 is 2.47 bits per heavy atom. The molecule has 0 bridgehead atoms. The van der Waals surface area contributed by atoms with Gasteiger partial charge >= 0.3 is 17.9 Å². The summed E-state index contributed by atoms with van der Waals surface area (Å²) in [4.78, 5) is 43.8. The lowest BCUT2D eigenvalue weighted by Crippen LogP contribution is -2.59. The Morgan fingerprint density at radius 2 is 1.85 bits per heavy atom. The van der Waals surface area contributed by atoms with Gasteiger partial charge in [0.25, 0.3) is 0 Å². The fourth-order valence-electron chi connectivity index (χ4n) is 5.79. The Kier molecular flexibility index (Phi) is 6.59. The first kappa shape index (κ1) is 24.4. The number of anilines is 2. The van der Waals surface area contributed by atoms with E-state index in [0.29, 0.717) is 29.5 Å². The molecule has 186 valence electrons. The van der Waals surface area contributed by atoms with Gasteiger partial charge in [0, 0.05) is 12.6 Å². The molecule has 3 N–H and O–H groups in total. The van der Waals surface area contributed by atoms with Crippen LogP contribution in [0, 0.1) is 18.3 Å². The van der Waals surface area contributed by atoms with Crippen LogP contribution in [-0.2, 0) is 14.3 Å². The van der Waals surface area contributed by atoms with Gasteiger partial charge in [-0.15, -0.1) is 0 Å². The Morgan fingerprint density at radius 1 is 1.15 bits per heavy atom. The number of nitrogens with zero attached hydrogens (tertiary/aromatic N) is 2. The summed E-state index contributed by atoms with van der Waals surface area (Å²) in [7, 11) is 0. The number of aryl methyl sites for hydroxylation is 1. The molecule has 1 saturated heterocycles. The zero-order chi connectivity index (χ0) is 24.7. The molecule has 4 rings (SSSR count). The highest BCUT2D eigenvalue weighted by atomic mass is 16.6. The summed E-state index contributed by atoms with van der Waals surface area (Å²) in [5.41, 5.74) is 0.675. The molecule has 9 nitrogen and oxygen atoms in total. The van der Waals surface area contributed by atoms with Crippen molar-refractivity contribution in [2.24, 2.45) is 11.3 Å². The minimum absolute atomic E-state index is 0.0932. The predicted molar refractivity (Wildman–Crippen MR) is 127 cm³/mol. The molecule has 9 heteroatoms. The molecule has 2 heterocycles. The number of hydrogen-bond donors (Lipinski definition) is 3. The molecule has 0 unspecified atom stereocenters. The first-order valence-corrected chi connectivity index (χ1v) is 12.2. The van der Waals surface area contributed by atoms with Crippen LogP contribution in [-0.4, -0.2) is 57.2 Å². The standard InChI is InChI=1S/C25H36N4O5/c1-15-9-17(14-26-20(15)28-23(33)34-24(2,3)4)27-21(31)22(32)29-8-6-5-7-19(29)16-10-25(11-16)12-18(30)13-25/h9,14,16,18-19,30H,5-8,10-13H2,1-4H3,(H,27,31)(H,26,28,33)/t16?,18?,19-,25?/m0/s1. The second-order valence-electron chi connectivity index (χ2n) is 11.3. The maximum absolute atomic E-state index is 13.1. The highest BCUT2D eigenvalue weighted by Gasteiger charge is 2.55. The van der Waals surface area contributed by atoms with Gasteiger partial charge < -0.3 is 20.1 Å². The first-order chi connectivity index (χ1) is 15.9. The number of hydrogen-bond acceptors (Lipinski definition) is 6. The van der Waals surface area contributed by atoms with Crippen LogP contribution in [0.1, 0.15) is 71.3 Å². The van der Waals surface area contributed by atoms with E-state index in [1.54, 1.807) is 38.7 Å². The Balaban J connectivity index is 1.34. The second kappa shape index (κ2) is 9.17. The lowest BCUT2D eigenvalue weighted by molar-refractivity contribution is -0.156. The van der Waals surface area contributed by atoms with Crippen LogP contribution in [0.3, 0.4) is 0 Å². The Bertz CT molecular complexity index is 959. The monoisotopic (exact) mass is 472 g/mol. The molecule has 0 radical (unpaired) electrons. The molecule has 1 aromatic rings. The van der Waals surface area contributed by atoms with Gasteiger partial charge in [-0.25, -0.2) is 9.78 Å². The molecular formula is C25H36N4O5. The number of nitrogens with one attached hydrogen (secondary N) is 2. The number of pyridine rings is 1. The molecule has 2 aliphatic carbocycles. The SMILES string of the molecule is Cc1cc(NC(=O)C(=O)N2CCCC[C@H]2C2CC3(CC(O)C3)C2)cnc1NC(=O)OC(C)(C)C. The van der Waals surface area contributed by atoms with Crippen LogP contribution < -0.4 is 10.6 Å². The fourth-order valence-corrected chi connectivity index (χ4v) is 5.79. The first-order valence-electron chi connectivity index (χ1n) is 12.2. The third-order valence-corrected chi connectivity index (χ3v) is 7.23. The summed E-state index contributed by atoms with van der Waals surface area (Å²) in [5.74, 6) is -0.441. The number of rotatable bonds is 3. The van der Waals surface area contributed by atoms with Gasteiger partial charge in [0.2, 0.25) is 0 Å². The Hall–Kier alpha value is -2.68. The van der Waals surface area contributed by atoms with E-state index in [4.69, 9.17) is 4.74 Å². The van der Waals surface area contributed by atoms with Crippen molar-refractivity contribution in [1.82, 2.24) is 9.88 Å². The van der Waals surface area contributed by atoms with Gasteiger partial charge in [-0.05, 0) is 95.6 Å². The van der Waals surface area contributed by atoms with Crippen LogP contribution in [0.4, 0.5) is 16.3 Å². The highest BCUT2D eigenvalue weighted by molar-refractivity contribution is 6.39. The maximum atomic E-state index is 13.1. The number of carbonyl (C=O) groups is 3. The fraction of sp³-hybridized carbons (Fsp3) is 0.680. The Labute approximate surface area is 200 Å². The quantitative estimate of drug-likeness (QED) is 0.578. The third kappa shape index (κ3) is 5.35. The van der Waals surface area contributed by atoms with Crippen LogP contribution >= 0.6 is 0 Å². The van der Waals surface area contributed by atoms with Gasteiger partial charge in [0.15, 0.2) is 0 Å². The minimum atomic E-state index is -0.672. The molecule has 1 spiro atoms. The smallest absolute Gasteiger partial charge is 0.413 e. The number of ether oxygens (including phenoxy) is 1. The topological polar surface area (TPSA) is 121 Å². The van der Waals surface area contributed by atoms with E-state index in [0.717, 1.165) is 44.9 Å². The molecule has 1 atom stereocenters. The van der Waals surface area contributed by atoms with Crippen LogP contribution in [0.25, 0.3) is 0 Å². The van der Waals surface area contributed by atoms with Gasteiger partial charge in [0.05, 0.1) is 18.0 Å². The van der Waals surface area contributed by atoms with Gasteiger partial charge in [-0.3, -0.25) is 14.9 Å². The van der Waals surface area contributed by atoms with E-state index >= 15 is 0 Å². The molecule has 1 aromatic heterocycles. The molecular weight excluding hydrogens is 436 g/mol. The maximum Gasteiger partial charge on any atom is 0.413 e. The molecule has 2 saturated carbocycles. The number of carbonyl (C=O) groups excluding carboxylic acids is 3. The van der Waals surface area contributed by atoms with Crippen molar-refractivity contribution in [3.63, 3.8) is 0 Å². The number of amides is 3. The van der Waals surface area contributed by atoms with Crippen molar-refractivity contribution in [2.45, 2.75) is 90.4 Å². The van der Waals surface area contributed by atoms with Crippen molar-refractivity contribution >= 4 is 29.4 Å². The van der Waals surface area contributed by atoms with Gasteiger partial charge in [-0.2, -0.15) is 0 Å². The molecule has 3 fully saturated rings. The molecule has 1 aliphatic heterocycles. The minimum Gasteiger partial charge on any atom is -0.444 e. The normalized spacial score (nSPS) is 28.5.